The van der Waals surface area contributed by atoms with E-state index in [9.17, 15) is 4.79 Å². The molecule has 1 aromatic rings. The van der Waals surface area contributed by atoms with Crippen molar-refractivity contribution in [1.82, 2.24) is 9.78 Å². The van der Waals surface area contributed by atoms with Gasteiger partial charge >= 0.3 is 5.97 Å². The van der Waals surface area contributed by atoms with Crippen molar-refractivity contribution in [2.75, 3.05) is 7.11 Å². The van der Waals surface area contributed by atoms with Crippen LogP contribution >= 0.6 is 0 Å². The van der Waals surface area contributed by atoms with E-state index in [0.717, 1.165) is 5.69 Å². The van der Waals surface area contributed by atoms with E-state index in [1.165, 1.54) is 39.2 Å². The number of esters is 1. The zero-order chi connectivity index (χ0) is 13.0. The minimum Gasteiger partial charge on any atom is -0.468 e. The first-order chi connectivity index (χ1) is 8.70. The zero-order valence-electron chi connectivity index (χ0n) is 10.8. The first kappa shape index (κ1) is 13.1. The third-order valence-electron chi connectivity index (χ3n) is 3.55. The topological polar surface area (TPSA) is 70.1 Å². The second-order valence-corrected chi connectivity index (χ2v) is 4.91. The Labute approximate surface area is 107 Å². The summed E-state index contributed by atoms with van der Waals surface area (Å²) in [6.07, 6.45) is 8.72. The second-order valence-electron chi connectivity index (χ2n) is 4.91. The number of ether oxygens (including phenoxy) is 1. The highest BCUT2D eigenvalue weighted by atomic mass is 16.5. The minimum absolute atomic E-state index is 0.387. The van der Waals surface area contributed by atoms with Crippen molar-refractivity contribution in [2.24, 2.45) is 5.73 Å². The average Bonchev–Trinajstić information content (AvgIpc) is 2.87. The van der Waals surface area contributed by atoms with Gasteiger partial charge in [0.2, 0.25) is 0 Å². The molecule has 1 saturated carbocycles. The maximum absolute atomic E-state index is 11.2. The Balaban J connectivity index is 1.95. The Kier molecular flexibility index (Phi) is 4.36. The number of nitrogens with zero attached hydrogens (tertiary/aromatic N) is 2. The minimum atomic E-state index is -0.621. The lowest BCUT2D eigenvalue weighted by Crippen LogP contribution is -2.33. The van der Waals surface area contributed by atoms with E-state index in [-0.39, 0.29) is 5.97 Å². The molecule has 18 heavy (non-hydrogen) atoms. The molecular formula is C13H21N3O2. The quantitative estimate of drug-likeness (QED) is 0.822. The summed E-state index contributed by atoms with van der Waals surface area (Å²) in [4.78, 5) is 11.2. The monoisotopic (exact) mass is 251 g/mol. The van der Waals surface area contributed by atoms with Crippen molar-refractivity contribution in [3.8, 4) is 0 Å². The molecule has 0 aromatic carbocycles. The molecule has 1 aliphatic rings. The molecule has 2 N–H and O–H groups in total. The number of nitrogens with two attached hydrogens (primary N) is 1. The second kappa shape index (κ2) is 6.00. The average molecular weight is 251 g/mol. The molecule has 1 aromatic heterocycles. The fourth-order valence-electron chi connectivity index (χ4n) is 2.50. The van der Waals surface area contributed by atoms with Gasteiger partial charge < -0.3 is 10.5 Å². The van der Waals surface area contributed by atoms with Gasteiger partial charge in [0.15, 0.2) is 0 Å². The lowest BCUT2D eigenvalue weighted by atomic mass is 9.96. The van der Waals surface area contributed by atoms with E-state index in [2.05, 4.69) is 9.84 Å². The van der Waals surface area contributed by atoms with Crippen molar-refractivity contribution < 1.29 is 9.53 Å². The van der Waals surface area contributed by atoms with Gasteiger partial charge in [-0.25, -0.2) is 0 Å². The third-order valence-corrected chi connectivity index (χ3v) is 3.55. The Morgan fingerprint density at radius 2 is 2.28 bits per heavy atom. The summed E-state index contributed by atoms with van der Waals surface area (Å²) in [5.41, 5.74) is 6.58. The molecule has 1 fully saturated rings. The Morgan fingerprint density at radius 1 is 1.56 bits per heavy atom. The molecule has 1 aliphatic carbocycles. The fourth-order valence-corrected chi connectivity index (χ4v) is 2.50. The zero-order valence-corrected chi connectivity index (χ0v) is 10.8. The van der Waals surface area contributed by atoms with Crippen molar-refractivity contribution >= 4 is 5.97 Å². The number of hydrogen-bond acceptors (Lipinski definition) is 4. The maximum Gasteiger partial charge on any atom is 0.323 e. The predicted molar refractivity (Wildman–Crippen MR) is 68.0 cm³/mol. The van der Waals surface area contributed by atoms with Gasteiger partial charge in [0.1, 0.15) is 6.04 Å². The van der Waals surface area contributed by atoms with Gasteiger partial charge in [-0.3, -0.25) is 9.48 Å². The highest BCUT2D eigenvalue weighted by Crippen LogP contribution is 2.27. The van der Waals surface area contributed by atoms with Crippen LogP contribution in [-0.4, -0.2) is 28.9 Å². The molecule has 0 radical (unpaired) electrons. The molecule has 5 nitrogen and oxygen atoms in total. The van der Waals surface area contributed by atoms with Crippen LogP contribution in [0.25, 0.3) is 0 Å². The van der Waals surface area contributed by atoms with E-state index in [1.807, 2.05) is 16.9 Å². The van der Waals surface area contributed by atoms with Crippen molar-refractivity contribution in [1.29, 1.82) is 0 Å². The molecule has 0 amide bonds. The van der Waals surface area contributed by atoms with Crippen LogP contribution in [0.5, 0.6) is 0 Å². The molecule has 5 heteroatoms. The summed E-state index contributed by atoms with van der Waals surface area (Å²) in [5.74, 6) is -0.387. The summed E-state index contributed by atoms with van der Waals surface area (Å²) in [6, 6.07) is 1.84. The maximum atomic E-state index is 11.2. The first-order valence-corrected chi connectivity index (χ1v) is 6.58. The summed E-state index contributed by atoms with van der Waals surface area (Å²) in [7, 11) is 1.35. The molecule has 0 spiro atoms. The van der Waals surface area contributed by atoms with Gasteiger partial charge in [0, 0.05) is 12.6 Å². The summed E-state index contributed by atoms with van der Waals surface area (Å²) >= 11 is 0. The molecule has 0 aliphatic heterocycles. The highest BCUT2D eigenvalue weighted by Gasteiger charge is 2.18. The van der Waals surface area contributed by atoms with Gasteiger partial charge in [-0.15, -0.1) is 0 Å². The SMILES string of the molecule is COC(=O)C(N)Cc1ccn(C2CCCCC2)n1. The fraction of sp³-hybridized carbons (Fsp3) is 0.692. The van der Waals surface area contributed by atoms with Crippen molar-refractivity contribution in [3.05, 3.63) is 18.0 Å². The van der Waals surface area contributed by atoms with Gasteiger partial charge in [-0.1, -0.05) is 19.3 Å². The summed E-state index contributed by atoms with van der Waals surface area (Å²) in [6.45, 7) is 0. The number of rotatable bonds is 4. The van der Waals surface area contributed by atoms with Gasteiger partial charge in [0.25, 0.3) is 0 Å². The third kappa shape index (κ3) is 3.10. The van der Waals surface area contributed by atoms with Crippen LogP contribution in [0.4, 0.5) is 0 Å². The van der Waals surface area contributed by atoms with Crippen LogP contribution in [0, 0.1) is 0 Å². The predicted octanol–water partition coefficient (Wildman–Crippen LogP) is 1.43. The summed E-state index contributed by atoms with van der Waals surface area (Å²) < 4.78 is 6.64. The molecule has 100 valence electrons. The number of methoxy groups -OCH3 is 1. The number of carbonyl (C=O) groups excluding carboxylic acids is 1. The lowest BCUT2D eigenvalue weighted by Gasteiger charge is -2.21. The van der Waals surface area contributed by atoms with Crippen LogP contribution in [0.15, 0.2) is 12.3 Å². The van der Waals surface area contributed by atoms with E-state index >= 15 is 0 Å². The number of hydrogen-bond donors (Lipinski definition) is 1. The smallest absolute Gasteiger partial charge is 0.323 e. The lowest BCUT2D eigenvalue weighted by molar-refractivity contribution is -0.142. The van der Waals surface area contributed by atoms with Gasteiger partial charge in [-0.05, 0) is 18.9 Å². The van der Waals surface area contributed by atoms with Gasteiger partial charge in [-0.2, -0.15) is 5.10 Å². The normalized spacial score (nSPS) is 18.6. The molecular weight excluding hydrogens is 230 g/mol. The molecule has 2 rings (SSSR count). The Bertz CT molecular complexity index is 397. The number of carbonyl (C=O) groups is 1. The van der Waals surface area contributed by atoms with Crippen LogP contribution in [0.2, 0.25) is 0 Å². The number of aromatic nitrogens is 2. The highest BCUT2D eigenvalue weighted by molar-refractivity contribution is 5.75. The standard InChI is InChI=1S/C13H21N3O2/c1-18-13(17)12(14)9-10-7-8-16(15-10)11-5-3-2-4-6-11/h7-8,11-12H,2-6,9,14H2,1H3. The van der Waals surface area contributed by atoms with Gasteiger partial charge in [0.05, 0.1) is 18.8 Å². The Hall–Kier alpha value is -1.36. The molecule has 1 atom stereocenters. The van der Waals surface area contributed by atoms with Crippen LogP contribution in [0.3, 0.4) is 0 Å². The largest absolute Gasteiger partial charge is 0.468 e. The van der Waals surface area contributed by atoms with Crippen LogP contribution in [0.1, 0.15) is 43.8 Å². The van der Waals surface area contributed by atoms with E-state index in [4.69, 9.17) is 5.73 Å². The molecule has 1 heterocycles. The van der Waals surface area contributed by atoms with E-state index in [1.54, 1.807) is 0 Å². The molecule has 0 saturated heterocycles. The van der Waals surface area contributed by atoms with E-state index < -0.39 is 6.04 Å². The van der Waals surface area contributed by atoms with Crippen molar-refractivity contribution in [2.45, 2.75) is 50.6 Å². The van der Waals surface area contributed by atoms with Crippen LogP contribution < -0.4 is 5.73 Å². The van der Waals surface area contributed by atoms with E-state index in [0.29, 0.717) is 12.5 Å². The van der Waals surface area contributed by atoms with Crippen molar-refractivity contribution in [3.63, 3.8) is 0 Å². The summed E-state index contributed by atoms with van der Waals surface area (Å²) in [5, 5.41) is 4.52. The molecule has 1 unspecified atom stereocenters. The van der Waals surface area contributed by atoms with Crippen LogP contribution in [-0.2, 0) is 16.0 Å². The molecule has 0 bridgehead atoms. The Morgan fingerprint density at radius 3 is 2.94 bits per heavy atom. The first-order valence-electron chi connectivity index (χ1n) is 6.58.